The highest BCUT2D eigenvalue weighted by molar-refractivity contribution is 6.33. The number of rotatable bonds is 4. The second-order valence-electron chi connectivity index (χ2n) is 17.2. The molecule has 2 heteroatoms. The third-order valence-electron chi connectivity index (χ3n) is 13.6. The fourth-order valence-corrected chi connectivity index (χ4v) is 10.8. The van der Waals surface area contributed by atoms with Gasteiger partial charge in [-0.25, -0.2) is 0 Å². The second kappa shape index (κ2) is 12.7. The van der Waals surface area contributed by atoms with E-state index in [2.05, 4.69) is 219 Å². The van der Waals surface area contributed by atoms with E-state index >= 15 is 0 Å². The Bertz CT molecular complexity index is 3710. The second-order valence-corrected chi connectivity index (χ2v) is 17.2. The highest BCUT2D eigenvalue weighted by Crippen LogP contribution is 2.52. The van der Waals surface area contributed by atoms with Gasteiger partial charge in [-0.15, -0.1) is 0 Å². The fourth-order valence-electron chi connectivity index (χ4n) is 10.8. The molecule has 0 radical (unpaired) electrons. The van der Waals surface area contributed by atoms with Gasteiger partial charge in [0.15, 0.2) is 0 Å². The lowest BCUT2D eigenvalue weighted by Crippen LogP contribution is -2.14. The third kappa shape index (κ3) is 4.79. The van der Waals surface area contributed by atoms with E-state index in [1.54, 1.807) is 0 Å². The number of para-hydroxylation sites is 3. The highest BCUT2D eigenvalue weighted by Gasteiger charge is 2.35. The van der Waals surface area contributed by atoms with Crippen LogP contribution in [0.2, 0.25) is 0 Å². The maximum atomic E-state index is 6.79. The van der Waals surface area contributed by atoms with Crippen molar-refractivity contribution in [3.05, 3.63) is 211 Å². The Morgan fingerprint density at radius 1 is 0.377 bits per heavy atom. The van der Waals surface area contributed by atoms with E-state index in [9.17, 15) is 0 Å². The molecule has 2 aromatic heterocycles. The van der Waals surface area contributed by atoms with Crippen molar-refractivity contribution in [3.63, 3.8) is 0 Å². The average Bonchev–Trinajstić information content (AvgIpc) is 3.93. The number of hydrogen-bond acceptors (Lipinski definition) is 1. The van der Waals surface area contributed by atoms with E-state index in [-0.39, 0.29) is 5.41 Å². The molecule has 0 spiro atoms. The zero-order valence-corrected chi connectivity index (χ0v) is 33.9. The summed E-state index contributed by atoms with van der Waals surface area (Å²) in [5.41, 5.74) is 18.0. The van der Waals surface area contributed by atoms with Crippen molar-refractivity contribution >= 4 is 65.3 Å². The van der Waals surface area contributed by atoms with Gasteiger partial charge in [0.2, 0.25) is 0 Å². The van der Waals surface area contributed by atoms with Crippen molar-refractivity contribution < 1.29 is 4.42 Å². The molecular weight excluding hydrogens is 739 g/mol. The summed E-state index contributed by atoms with van der Waals surface area (Å²) in [4.78, 5) is 0. The van der Waals surface area contributed by atoms with Crippen LogP contribution in [0, 0.1) is 0 Å². The maximum Gasteiger partial charge on any atom is 0.136 e. The van der Waals surface area contributed by atoms with Crippen molar-refractivity contribution in [1.29, 1.82) is 0 Å². The molecule has 0 N–H and O–H groups in total. The van der Waals surface area contributed by atoms with Crippen LogP contribution in [0.3, 0.4) is 0 Å². The molecule has 12 aromatic rings. The number of hydrogen-bond donors (Lipinski definition) is 0. The summed E-state index contributed by atoms with van der Waals surface area (Å²) in [7, 11) is 0. The molecule has 0 saturated heterocycles. The van der Waals surface area contributed by atoms with Crippen LogP contribution in [0.1, 0.15) is 25.0 Å². The van der Waals surface area contributed by atoms with Crippen LogP contribution in [0.15, 0.2) is 205 Å². The van der Waals surface area contributed by atoms with Gasteiger partial charge >= 0.3 is 0 Å². The average molecular weight is 778 g/mol. The van der Waals surface area contributed by atoms with E-state index in [1.807, 2.05) is 0 Å². The number of benzene rings is 10. The molecule has 61 heavy (non-hydrogen) atoms. The van der Waals surface area contributed by atoms with Gasteiger partial charge in [-0.2, -0.15) is 0 Å². The minimum Gasteiger partial charge on any atom is -0.456 e. The van der Waals surface area contributed by atoms with Gasteiger partial charge in [-0.05, 0) is 108 Å². The molecule has 2 nitrogen and oxygen atoms in total. The minimum atomic E-state index is -0.0442. The maximum absolute atomic E-state index is 6.79. The first-order valence-corrected chi connectivity index (χ1v) is 21.3. The molecule has 0 amide bonds. The molecule has 2 heterocycles. The van der Waals surface area contributed by atoms with Crippen molar-refractivity contribution in [1.82, 2.24) is 4.57 Å². The summed E-state index contributed by atoms with van der Waals surface area (Å²) in [6, 6.07) is 73.5. The molecule has 0 unspecified atom stereocenters. The smallest absolute Gasteiger partial charge is 0.136 e. The number of aromatic nitrogens is 1. The Morgan fingerprint density at radius 3 is 1.67 bits per heavy atom. The predicted molar refractivity (Wildman–Crippen MR) is 257 cm³/mol. The molecule has 286 valence electrons. The predicted octanol–water partition coefficient (Wildman–Crippen LogP) is 16.3. The van der Waals surface area contributed by atoms with Crippen LogP contribution in [0.25, 0.3) is 115 Å². The summed E-state index contributed by atoms with van der Waals surface area (Å²) in [5.74, 6) is 0. The van der Waals surface area contributed by atoms with E-state index in [0.717, 1.165) is 33.2 Å². The summed E-state index contributed by atoms with van der Waals surface area (Å²) >= 11 is 0. The third-order valence-corrected chi connectivity index (χ3v) is 13.6. The van der Waals surface area contributed by atoms with Gasteiger partial charge in [0.25, 0.3) is 0 Å². The Hall–Kier alpha value is -7.68. The van der Waals surface area contributed by atoms with Crippen LogP contribution in [-0.2, 0) is 5.41 Å². The van der Waals surface area contributed by atoms with Crippen LogP contribution in [0.4, 0.5) is 0 Å². The van der Waals surface area contributed by atoms with Crippen molar-refractivity contribution in [2.75, 3.05) is 0 Å². The summed E-state index contributed by atoms with van der Waals surface area (Å²) < 4.78 is 9.26. The topological polar surface area (TPSA) is 18.1 Å². The zero-order chi connectivity index (χ0) is 40.4. The van der Waals surface area contributed by atoms with E-state index in [0.29, 0.717) is 0 Å². The molecule has 0 aliphatic heterocycles. The SMILES string of the molecule is CC1(C)c2ccccc2-c2ccc(-c3ccc(-c4c5ccccc5c(-c5cc6oc7ccccc7c6c6c7ccccc7n(-c7ccccc7)c56)c5ccccc45)cc3)cc21. The lowest BCUT2D eigenvalue weighted by Gasteiger charge is -2.22. The highest BCUT2D eigenvalue weighted by atomic mass is 16.3. The summed E-state index contributed by atoms with van der Waals surface area (Å²) in [6.45, 7) is 4.71. The quantitative estimate of drug-likeness (QED) is 0.163. The van der Waals surface area contributed by atoms with Gasteiger partial charge in [-0.1, -0.05) is 178 Å². The largest absolute Gasteiger partial charge is 0.456 e. The van der Waals surface area contributed by atoms with Crippen molar-refractivity contribution in [2.24, 2.45) is 0 Å². The molecule has 0 fully saturated rings. The van der Waals surface area contributed by atoms with Crippen LogP contribution >= 0.6 is 0 Å². The van der Waals surface area contributed by atoms with Crippen LogP contribution < -0.4 is 0 Å². The lowest BCUT2D eigenvalue weighted by molar-refractivity contribution is 0.660. The monoisotopic (exact) mass is 777 g/mol. The molecule has 1 aliphatic carbocycles. The van der Waals surface area contributed by atoms with Gasteiger partial charge in [0, 0.05) is 38.2 Å². The Labute approximate surface area is 353 Å². The zero-order valence-electron chi connectivity index (χ0n) is 33.9. The minimum absolute atomic E-state index is 0.0442. The molecular formula is C59H39NO. The molecule has 0 bridgehead atoms. The first kappa shape index (κ1) is 34.2. The molecule has 10 aromatic carbocycles. The first-order valence-electron chi connectivity index (χ1n) is 21.3. The standard InChI is InChI=1S/C59H39NO/c1-59(2)49-25-13-10-18-40(49)41-33-32-38(34-50(41)59)36-28-30-37(31-29-36)54-42-19-6-8-21-44(42)55(45-22-9-7-20-43(45)54)48-35-53-56(47-24-12-15-27-52(47)61-53)57-46-23-11-14-26-51(46)60(58(48)57)39-16-4-3-5-17-39/h3-35H,1-2H3. The van der Waals surface area contributed by atoms with Crippen molar-refractivity contribution in [2.45, 2.75) is 19.3 Å². The van der Waals surface area contributed by atoms with Crippen LogP contribution in [-0.4, -0.2) is 4.57 Å². The Kier molecular flexibility index (Phi) is 7.10. The van der Waals surface area contributed by atoms with Crippen LogP contribution in [0.5, 0.6) is 0 Å². The van der Waals surface area contributed by atoms with Gasteiger partial charge in [0.1, 0.15) is 11.2 Å². The molecule has 0 saturated carbocycles. The number of nitrogens with zero attached hydrogens (tertiary/aromatic N) is 1. The lowest BCUT2D eigenvalue weighted by atomic mass is 9.81. The summed E-state index contributed by atoms with van der Waals surface area (Å²) in [6.07, 6.45) is 0. The van der Waals surface area contributed by atoms with Crippen molar-refractivity contribution in [3.8, 4) is 50.2 Å². The molecule has 1 aliphatic rings. The Morgan fingerprint density at radius 2 is 0.934 bits per heavy atom. The van der Waals surface area contributed by atoms with E-state index in [1.165, 1.54) is 93.4 Å². The Balaban J connectivity index is 1.07. The van der Waals surface area contributed by atoms with E-state index in [4.69, 9.17) is 4.42 Å². The molecule has 0 atom stereocenters. The fraction of sp³-hybridized carbons (Fsp3) is 0.0508. The van der Waals surface area contributed by atoms with Gasteiger partial charge in [0.05, 0.1) is 11.0 Å². The summed E-state index contributed by atoms with van der Waals surface area (Å²) in [5, 5.41) is 9.58. The van der Waals surface area contributed by atoms with Gasteiger partial charge < -0.3 is 8.98 Å². The van der Waals surface area contributed by atoms with E-state index < -0.39 is 0 Å². The normalized spacial score (nSPS) is 13.2. The first-order chi connectivity index (χ1) is 30.0. The number of fused-ring (bicyclic) bond motifs is 12. The molecule has 13 rings (SSSR count). The number of furan rings is 1. The van der Waals surface area contributed by atoms with Gasteiger partial charge in [-0.3, -0.25) is 0 Å².